The summed E-state index contributed by atoms with van der Waals surface area (Å²) in [4.78, 5) is 0. The minimum Gasteiger partial charge on any atom is -0.0654 e. The van der Waals surface area contributed by atoms with Crippen molar-refractivity contribution in [2.75, 3.05) is 0 Å². The third-order valence-corrected chi connectivity index (χ3v) is 13.8. The second kappa shape index (κ2) is 39.8. The number of fused-ring (bicyclic) bond motifs is 1. The first kappa shape index (κ1) is 52.8. The van der Waals surface area contributed by atoms with Crippen LogP contribution in [-0.4, -0.2) is 0 Å². The molecule has 0 heteroatoms. The predicted molar refractivity (Wildman–Crippen MR) is 266 cm³/mol. The molecule has 2 aromatic rings. The molecule has 58 heavy (non-hydrogen) atoms. The van der Waals surface area contributed by atoms with Gasteiger partial charge in [-0.05, 0) is 84.4 Å². The number of hydrogen-bond acceptors (Lipinski definition) is 0. The highest BCUT2D eigenvalue weighted by molar-refractivity contribution is 5.91. The lowest BCUT2D eigenvalue weighted by molar-refractivity contribution is 0.549. The molecular weight excluding hydrogens is 697 g/mol. The quantitative estimate of drug-likeness (QED) is 0.0586. The molecule has 336 valence electrons. The van der Waals surface area contributed by atoms with E-state index in [2.05, 4.69) is 52.0 Å². The zero-order chi connectivity index (χ0) is 41.4. The van der Waals surface area contributed by atoms with Crippen LogP contribution in [0, 0.1) is 0 Å². The van der Waals surface area contributed by atoms with Gasteiger partial charge in [0.1, 0.15) is 0 Å². The van der Waals surface area contributed by atoms with Gasteiger partial charge in [-0.2, -0.15) is 0 Å². The van der Waals surface area contributed by atoms with Crippen molar-refractivity contribution in [2.24, 2.45) is 0 Å². The van der Waals surface area contributed by atoms with Gasteiger partial charge in [-0.25, -0.2) is 0 Å². The molecule has 0 amide bonds. The highest BCUT2D eigenvalue weighted by Gasteiger charge is 2.19. The summed E-state index contributed by atoms with van der Waals surface area (Å²) in [5.41, 5.74) is 7.24. The van der Waals surface area contributed by atoms with Crippen molar-refractivity contribution in [3.8, 4) is 0 Å². The van der Waals surface area contributed by atoms with E-state index in [-0.39, 0.29) is 0 Å². The third-order valence-electron chi connectivity index (χ3n) is 13.8. The zero-order valence-corrected chi connectivity index (χ0v) is 40.4. The molecule has 2 rings (SSSR count). The van der Waals surface area contributed by atoms with E-state index in [4.69, 9.17) is 0 Å². The maximum atomic E-state index is 2.54. The second-order valence-corrected chi connectivity index (χ2v) is 19.2. The maximum Gasteiger partial charge on any atom is -0.0146 e. The Labute approximate surface area is 366 Å². The van der Waals surface area contributed by atoms with E-state index in [9.17, 15) is 0 Å². The van der Waals surface area contributed by atoms with Crippen molar-refractivity contribution in [2.45, 2.75) is 310 Å². The highest BCUT2D eigenvalue weighted by atomic mass is 14.2. The molecule has 0 aliphatic carbocycles. The van der Waals surface area contributed by atoms with E-state index in [1.807, 2.05) is 11.1 Å². The molecule has 0 saturated carbocycles. The summed E-state index contributed by atoms with van der Waals surface area (Å²) in [6.07, 6.45) is 62.4. The van der Waals surface area contributed by atoms with Gasteiger partial charge in [-0.15, -0.1) is 0 Å². The Bertz CT molecular complexity index is 1070. The zero-order valence-electron chi connectivity index (χ0n) is 40.4. The lowest BCUT2D eigenvalue weighted by Gasteiger charge is -2.24. The number of benzene rings is 2. The number of unbranched alkanes of at least 4 members (excludes halogenated alkanes) is 36. The van der Waals surface area contributed by atoms with Crippen LogP contribution in [0.4, 0.5) is 0 Å². The molecule has 0 unspecified atom stereocenters. The van der Waals surface area contributed by atoms with E-state index in [0.717, 1.165) is 0 Å². The minimum absolute atomic E-state index is 1.30. The predicted octanol–water partition coefficient (Wildman–Crippen LogP) is 20.7. The fourth-order valence-electron chi connectivity index (χ4n) is 10.0. The van der Waals surface area contributed by atoms with Gasteiger partial charge in [0.2, 0.25) is 0 Å². The van der Waals surface area contributed by atoms with Crippen LogP contribution in [0.25, 0.3) is 10.8 Å². The Balaban J connectivity index is 2.19. The standard InChI is InChI=1S/C58H104/c1-5-9-13-17-21-25-29-33-37-41-47-53-54(48-42-38-34-30-26-22-18-14-10-6-2)56(50-44-40-36-32-28-24-20-16-12-8-4)58-52-46-45-51-57(58)55(53)49-43-39-35-31-27-23-19-15-11-7-3/h45-46,51-52H,5-44,47-50H2,1-4H3. The molecule has 0 N–H and O–H groups in total. The molecule has 0 radical (unpaired) electrons. The molecular formula is C58H104. The Morgan fingerprint density at radius 2 is 0.379 bits per heavy atom. The van der Waals surface area contributed by atoms with E-state index in [0.29, 0.717) is 0 Å². The maximum absolute atomic E-state index is 2.54. The summed E-state index contributed by atoms with van der Waals surface area (Å²) in [6.45, 7) is 9.34. The SMILES string of the molecule is CCCCCCCCCCCCc1c(CCCCCCCCCCCC)c(CCCCCCCCCCCC)c2ccccc2c1CCCCCCCCCCCC. The lowest BCUT2D eigenvalue weighted by atomic mass is 9.81. The van der Waals surface area contributed by atoms with Crippen LogP contribution in [0.1, 0.15) is 307 Å². The fourth-order valence-corrected chi connectivity index (χ4v) is 10.0. The summed E-state index contributed by atoms with van der Waals surface area (Å²) in [5.74, 6) is 0. The van der Waals surface area contributed by atoms with Crippen LogP contribution in [0.5, 0.6) is 0 Å². The monoisotopic (exact) mass is 801 g/mol. The summed E-state index contributed by atoms with van der Waals surface area (Å²) in [7, 11) is 0. The van der Waals surface area contributed by atoms with E-state index >= 15 is 0 Å². The van der Waals surface area contributed by atoms with Crippen molar-refractivity contribution in [1.82, 2.24) is 0 Å². The fraction of sp³-hybridized carbons (Fsp3) is 0.828. The first-order valence-corrected chi connectivity index (χ1v) is 27.3. The average molecular weight is 801 g/mol. The Morgan fingerprint density at radius 3 is 0.586 bits per heavy atom. The Morgan fingerprint density at radius 1 is 0.207 bits per heavy atom. The number of hydrogen-bond donors (Lipinski definition) is 0. The highest BCUT2D eigenvalue weighted by Crippen LogP contribution is 2.36. The van der Waals surface area contributed by atoms with E-state index in [1.54, 1.807) is 21.9 Å². The van der Waals surface area contributed by atoms with E-state index < -0.39 is 0 Å². The number of aryl methyl sites for hydroxylation is 2. The summed E-state index contributed by atoms with van der Waals surface area (Å²) < 4.78 is 0. The Hall–Kier alpha value is -1.30. The molecule has 0 fully saturated rings. The average Bonchev–Trinajstić information content (AvgIpc) is 3.24. The molecule has 0 aromatic heterocycles. The van der Waals surface area contributed by atoms with Gasteiger partial charge in [0.15, 0.2) is 0 Å². The molecule has 0 heterocycles. The lowest BCUT2D eigenvalue weighted by Crippen LogP contribution is -2.08. The van der Waals surface area contributed by atoms with Gasteiger partial charge < -0.3 is 0 Å². The van der Waals surface area contributed by atoms with Crippen molar-refractivity contribution in [3.63, 3.8) is 0 Å². The summed E-state index contributed by atoms with van der Waals surface area (Å²) in [6, 6.07) is 9.80. The molecule has 0 aliphatic rings. The van der Waals surface area contributed by atoms with Gasteiger partial charge in [-0.3, -0.25) is 0 Å². The molecule has 0 nitrogen and oxygen atoms in total. The van der Waals surface area contributed by atoms with Crippen LogP contribution < -0.4 is 0 Å². The van der Waals surface area contributed by atoms with Crippen LogP contribution in [-0.2, 0) is 25.7 Å². The van der Waals surface area contributed by atoms with Gasteiger partial charge in [0, 0.05) is 0 Å². The van der Waals surface area contributed by atoms with Gasteiger partial charge in [-0.1, -0.05) is 283 Å². The largest absolute Gasteiger partial charge is 0.0654 e. The van der Waals surface area contributed by atoms with Crippen LogP contribution >= 0.6 is 0 Å². The minimum atomic E-state index is 1.30. The van der Waals surface area contributed by atoms with Crippen molar-refractivity contribution < 1.29 is 0 Å². The molecule has 0 aliphatic heterocycles. The van der Waals surface area contributed by atoms with Gasteiger partial charge in [0.05, 0.1) is 0 Å². The Kier molecular flexibility index (Phi) is 36.3. The van der Waals surface area contributed by atoms with Gasteiger partial charge in [0.25, 0.3) is 0 Å². The third kappa shape index (κ3) is 26.1. The molecule has 2 aromatic carbocycles. The molecule has 0 bridgehead atoms. The van der Waals surface area contributed by atoms with E-state index in [1.165, 1.54) is 283 Å². The first-order valence-electron chi connectivity index (χ1n) is 27.3. The van der Waals surface area contributed by atoms with Gasteiger partial charge >= 0.3 is 0 Å². The van der Waals surface area contributed by atoms with Crippen molar-refractivity contribution >= 4 is 10.8 Å². The van der Waals surface area contributed by atoms with Crippen molar-refractivity contribution in [1.29, 1.82) is 0 Å². The van der Waals surface area contributed by atoms with Crippen LogP contribution in [0.15, 0.2) is 24.3 Å². The van der Waals surface area contributed by atoms with Crippen LogP contribution in [0.3, 0.4) is 0 Å². The van der Waals surface area contributed by atoms with Crippen molar-refractivity contribution in [3.05, 3.63) is 46.5 Å². The molecule has 0 saturated heterocycles. The number of rotatable bonds is 44. The second-order valence-electron chi connectivity index (χ2n) is 19.2. The van der Waals surface area contributed by atoms with Crippen LogP contribution in [0.2, 0.25) is 0 Å². The topological polar surface area (TPSA) is 0 Å². The first-order chi connectivity index (χ1) is 28.8. The normalized spacial score (nSPS) is 11.7. The molecule has 0 atom stereocenters. The summed E-state index contributed by atoms with van der Waals surface area (Å²) in [5, 5.41) is 3.27. The summed E-state index contributed by atoms with van der Waals surface area (Å²) >= 11 is 0. The molecule has 0 spiro atoms. The smallest absolute Gasteiger partial charge is 0.0146 e.